The average molecular weight is 178 g/mol. The maximum atomic E-state index is 10.5. The van der Waals surface area contributed by atoms with Gasteiger partial charge in [0.1, 0.15) is 5.69 Å². The van der Waals surface area contributed by atoms with Crippen LogP contribution in [0.4, 0.5) is 0 Å². The number of nitrogens with zero attached hydrogens (tertiary/aromatic N) is 4. The van der Waals surface area contributed by atoms with Gasteiger partial charge in [-0.15, -0.1) is 5.10 Å². The van der Waals surface area contributed by atoms with E-state index in [0.29, 0.717) is 11.3 Å². The summed E-state index contributed by atoms with van der Waals surface area (Å²) in [5.74, 6) is -1.03. The van der Waals surface area contributed by atoms with Crippen molar-refractivity contribution in [2.24, 2.45) is 0 Å². The van der Waals surface area contributed by atoms with Crippen LogP contribution in [0.1, 0.15) is 16.1 Å². The van der Waals surface area contributed by atoms with Crippen LogP contribution in [-0.2, 0) is 0 Å². The molecule has 0 aliphatic heterocycles. The van der Waals surface area contributed by atoms with E-state index >= 15 is 0 Å². The van der Waals surface area contributed by atoms with Crippen molar-refractivity contribution >= 4 is 11.6 Å². The van der Waals surface area contributed by atoms with Crippen LogP contribution in [0.5, 0.6) is 0 Å². The van der Waals surface area contributed by atoms with Gasteiger partial charge in [0.2, 0.25) is 0 Å². The number of carboxylic acids is 1. The summed E-state index contributed by atoms with van der Waals surface area (Å²) >= 11 is 0. The van der Waals surface area contributed by atoms with Crippen LogP contribution in [0.2, 0.25) is 0 Å². The van der Waals surface area contributed by atoms with Crippen LogP contribution in [0.15, 0.2) is 12.4 Å². The van der Waals surface area contributed by atoms with Crippen LogP contribution in [0.25, 0.3) is 5.65 Å². The van der Waals surface area contributed by atoms with Crippen molar-refractivity contribution in [2.45, 2.75) is 6.92 Å². The standard InChI is InChI=1S/C7H6N4O2/c1-4-6-8-2-5(7(12)13)3-11(6)10-9-4/h2-3H,1H3,(H,12,13). The molecule has 1 N–H and O–H groups in total. The van der Waals surface area contributed by atoms with Gasteiger partial charge >= 0.3 is 5.97 Å². The maximum Gasteiger partial charge on any atom is 0.338 e. The lowest BCUT2D eigenvalue weighted by Crippen LogP contribution is -2.01. The predicted molar refractivity (Wildman–Crippen MR) is 42.5 cm³/mol. The minimum Gasteiger partial charge on any atom is -0.478 e. The van der Waals surface area contributed by atoms with Gasteiger partial charge in [-0.05, 0) is 6.92 Å². The average Bonchev–Trinajstić information content (AvgIpc) is 2.47. The number of fused-ring (bicyclic) bond motifs is 1. The van der Waals surface area contributed by atoms with Crippen LogP contribution in [0, 0.1) is 6.92 Å². The lowest BCUT2D eigenvalue weighted by atomic mass is 10.3. The Morgan fingerprint density at radius 2 is 2.38 bits per heavy atom. The summed E-state index contributed by atoms with van der Waals surface area (Å²) in [6.45, 7) is 1.76. The fourth-order valence-electron chi connectivity index (χ4n) is 1.01. The highest BCUT2D eigenvalue weighted by atomic mass is 16.4. The lowest BCUT2D eigenvalue weighted by Gasteiger charge is -1.93. The second-order valence-corrected chi connectivity index (χ2v) is 2.59. The Hall–Kier alpha value is -1.98. The number of rotatable bonds is 1. The summed E-state index contributed by atoms with van der Waals surface area (Å²) in [5.41, 5.74) is 1.35. The number of hydrogen-bond acceptors (Lipinski definition) is 4. The van der Waals surface area contributed by atoms with Crippen molar-refractivity contribution in [3.05, 3.63) is 23.7 Å². The second kappa shape index (κ2) is 2.51. The molecule has 0 aliphatic rings. The van der Waals surface area contributed by atoms with Crippen LogP contribution < -0.4 is 0 Å². The molecule has 2 aromatic rings. The summed E-state index contributed by atoms with van der Waals surface area (Å²) in [6, 6.07) is 0. The van der Waals surface area contributed by atoms with Crippen molar-refractivity contribution in [3.63, 3.8) is 0 Å². The third-order valence-corrected chi connectivity index (χ3v) is 1.67. The zero-order valence-corrected chi connectivity index (χ0v) is 6.80. The van der Waals surface area contributed by atoms with Crippen LogP contribution in [0.3, 0.4) is 0 Å². The molecule has 6 heteroatoms. The van der Waals surface area contributed by atoms with E-state index in [-0.39, 0.29) is 5.56 Å². The van der Waals surface area contributed by atoms with Gasteiger partial charge in [0.05, 0.1) is 5.56 Å². The maximum absolute atomic E-state index is 10.5. The molecule has 6 nitrogen and oxygen atoms in total. The van der Waals surface area contributed by atoms with E-state index in [1.54, 1.807) is 6.92 Å². The summed E-state index contributed by atoms with van der Waals surface area (Å²) in [6.07, 6.45) is 2.67. The van der Waals surface area contributed by atoms with Crippen LogP contribution in [-0.4, -0.2) is 30.9 Å². The first-order valence-corrected chi connectivity index (χ1v) is 3.59. The molecule has 0 atom stereocenters. The summed E-state index contributed by atoms with van der Waals surface area (Å²) in [5, 5.41) is 16.1. The zero-order chi connectivity index (χ0) is 9.42. The van der Waals surface area contributed by atoms with Gasteiger partial charge in [-0.2, -0.15) is 0 Å². The Labute approximate surface area is 72.8 Å². The molecular weight excluding hydrogens is 172 g/mol. The van der Waals surface area contributed by atoms with Gasteiger partial charge in [0.25, 0.3) is 0 Å². The van der Waals surface area contributed by atoms with Gasteiger partial charge < -0.3 is 5.11 Å². The number of hydrogen-bond donors (Lipinski definition) is 1. The summed E-state index contributed by atoms with van der Waals surface area (Å²) < 4.78 is 1.35. The summed E-state index contributed by atoms with van der Waals surface area (Å²) in [4.78, 5) is 14.5. The fourth-order valence-corrected chi connectivity index (χ4v) is 1.01. The molecule has 0 radical (unpaired) electrons. The molecule has 13 heavy (non-hydrogen) atoms. The Kier molecular flexibility index (Phi) is 1.48. The molecule has 0 aliphatic carbocycles. The molecule has 0 amide bonds. The SMILES string of the molecule is Cc1nnn2cc(C(=O)O)cnc12. The molecular formula is C7H6N4O2. The second-order valence-electron chi connectivity index (χ2n) is 2.59. The Morgan fingerprint density at radius 1 is 1.62 bits per heavy atom. The first-order valence-electron chi connectivity index (χ1n) is 3.59. The van der Waals surface area contributed by atoms with E-state index in [2.05, 4.69) is 15.3 Å². The molecule has 2 aromatic heterocycles. The molecule has 0 unspecified atom stereocenters. The fraction of sp³-hybridized carbons (Fsp3) is 0.143. The Morgan fingerprint density at radius 3 is 3.08 bits per heavy atom. The quantitative estimate of drug-likeness (QED) is 0.671. The van der Waals surface area contributed by atoms with Crippen molar-refractivity contribution in [2.75, 3.05) is 0 Å². The predicted octanol–water partition coefficient (Wildman–Crippen LogP) is 0.131. The summed E-state index contributed by atoms with van der Waals surface area (Å²) in [7, 11) is 0. The van der Waals surface area contributed by atoms with Gasteiger partial charge in [-0.3, -0.25) is 0 Å². The van der Waals surface area contributed by atoms with E-state index in [9.17, 15) is 4.79 Å². The molecule has 2 heterocycles. The van der Waals surface area contributed by atoms with E-state index < -0.39 is 5.97 Å². The topological polar surface area (TPSA) is 80.4 Å². The first kappa shape index (κ1) is 7.66. The number of aromatic nitrogens is 4. The highest BCUT2D eigenvalue weighted by molar-refractivity contribution is 5.87. The number of aromatic carboxylic acids is 1. The molecule has 2 rings (SSSR count). The lowest BCUT2D eigenvalue weighted by molar-refractivity contribution is 0.0695. The van der Waals surface area contributed by atoms with Crippen molar-refractivity contribution in [1.29, 1.82) is 0 Å². The third-order valence-electron chi connectivity index (χ3n) is 1.67. The van der Waals surface area contributed by atoms with E-state index in [1.165, 1.54) is 16.9 Å². The molecule has 0 bridgehead atoms. The number of carbonyl (C=O) groups is 1. The molecule has 0 saturated heterocycles. The highest BCUT2D eigenvalue weighted by Gasteiger charge is 2.07. The Balaban J connectivity index is 2.70. The number of aryl methyl sites for hydroxylation is 1. The van der Waals surface area contributed by atoms with Crippen molar-refractivity contribution in [3.8, 4) is 0 Å². The first-order chi connectivity index (χ1) is 6.18. The minimum atomic E-state index is -1.03. The van der Waals surface area contributed by atoms with E-state index in [4.69, 9.17) is 5.11 Å². The Bertz CT molecular complexity index is 476. The molecule has 0 fully saturated rings. The van der Waals surface area contributed by atoms with E-state index in [0.717, 1.165) is 0 Å². The van der Waals surface area contributed by atoms with Gasteiger partial charge in [-0.25, -0.2) is 14.3 Å². The van der Waals surface area contributed by atoms with Gasteiger partial charge in [0, 0.05) is 12.4 Å². The minimum absolute atomic E-state index is 0.0948. The molecule has 0 aromatic carbocycles. The number of carboxylic acid groups (broad SMARTS) is 1. The van der Waals surface area contributed by atoms with Crippen molar-refractivity contribution < 1.29 is 9.90 Å². The van der Waals surface area contributed by atoms with Gasteiger partial charge in [0.15, 0.2) is 5.65 Å². The van der Waals surface area contributed by atoms with Crippen LogP contribution >= 0.6 is 0 Å². The smallest absolute Gasteiger partial charge is 0.338 e. The normalized spacial score (nSPS) is 10.5. The molecule has 0 saturated carbocycles. The third kappa shape index (κ3) is 1.12. The van der Waals surface area contributed by atoms with E-state index in [1.807, 2.05) is 0 Å². The largest absolute Gasteiger partial charge is 0.478 e. The monoisotopic (exact) mass is 178 g/mol. The van der Waals surface area contributed by atoms with Gasteiger partial charge in [-0.1, -0.05) is 5.21 Å². The molecule has 66 valence electrons. The highest BCUT2D eigenvalue weighted by Crippen LogP contribution is 2.04. The van der Waals surface area contributed by atoms with Crippen molar-refractivity contribution in [1.82, 2.24) is 19.8 Å². The zero-order valence-electron chi connectivity index (χ0n) is 6.80. The molecule has 0 spiro atoms.